The first-order chi connectivity index (χ1) is 10.6. The van der Waals surface area contributed by atoms with E-state index < -0.39 is 17.7 Å². The first-order valence-electron chi connectivity index (χ1n) is 7.08. The molecule has 0 fully saturated rings. The van der Waals surface area contributed by atoms with E-state index in [9.17, 15) is 13.9 Å². The molecule has 0 amide bonds. The second-order valence-electron chi connectivity index (χ2n) is 4.94. The van der Waals surface area contributed by atoms with Gasteiger partial charge in [-0.05, 0) is 6.07 Å². The average Bonchev–Trinajstić information content (AvgIpc) is 2.47. The van der Waals surface area contributed by atoms with Gasteiger partial charge in [-0.1, -0.05) is 12.1 Å². The maximum atomic E-state index is 13.7. The Morgan fingerprint density at radius 3 is 2.82 bits per heavy atom. The van der Waals surface area contributed by atoms with Crippen molar-refractivity contribution in [1.29, 1.82) is 0 Å². The molecule has 6 heteroatoms. The first kappa shape index (κ1) is 18.7. The van der Waals surface area contributed by atoms with Crippen molar-refractivity contribution in [2.24, 2.45) is 0 Å². The van der Waals surface area contributed by atoms with Crippen molar-refractivity contribution in [2.75, 3.05) is 40.0 Å². The Bertz CT molecular complexity index is 457. The van der Waals surface area contributed by atoms with Crippen LogP contribution >= 0.6 is 0 Å². The van der Waals surface area contributed by atoms with Crippen LogP contribution in [0.25, 0.3) is 0 Å². The zero-order chi connectivity index (χ0) is 16.4. The van der Waals surface area contributed by atoms with Crippen molar-refractivity contribution in [3.63, 3.8) is 0 Å². The molecule has 1 N–H and O–H groups in total. The maximum Gasteiger partial charge on any atom is 0.130 e. The van der Waals surface area contributed by atoms with E-state index in [4.69, 9.17) is 9.47 Å². The lowest BCUT2D eigenvalue weighted by Crippen LogP contribution is -2.36. The fourth-order valence-corrected chi connectivity index (χ4v) is 1.98. The number of hydrogen-bond acceptors (Lipinski definition) is 4. The highest BCUT2D eigenvalue weighted by atomic mass is 19.1. The molecule has 0 saturated carbocycles. The second kappa shape index (κ2) is 10.4. The summed E-state index contributed by atoms with van der Waals surface area (Å²) in [6, 6.07) is 3.48. The van der Waals surface area contributed by atoms with Gasteiger partial charge in [-0.3, -0.25) is 4.90 Å². The van der Waals surface area contributed by atoms with Gasteiger partial charge in [0.15, 0.2) is 0 Å². The lowest BCUT2D eigenvalue weighted by molar-refractivity contribution is 0.0192. The molecule has 4 nitrogen and oxygen atoms in total. The molecule has 0 aromatic heterocycles. The fraction of sp³-hybridized carbons (Fsp3) is 0.500. The normalized spacial score (nSPS) is 12.6. The molecule has 22 heavy (non-hydrogen) atoms. The average molecular weight is 315 g/mol. The topological polar surface area (TPSA) is 41.9 Å². The third-order valence-corrected chi connectivity index (χ3v) is 3.04. The summed E-state index contributed by atoms with van der Waals surface area (Å²) >= 11 is 0. The third-order valence-electron chi connectivity index (χ3n) is 3.04. The number of benzene rings is 1. The Kier molecular flexibility index (Phi) is 8.84. The van der Waals surface area contributed by atoms with Crippen LogP contribution in [-0.2, 0) is 16.0 Å². The molecular formula is C16H23F2NO3. The van der Waals surface area contributed by atoms with Crippen LogP contribution in [-0.4, -0.2) is 56.1 Å². The number of nitrogens with zero attached hydrogens (tertiary/aromatic N) is 1. The van der Waals surface area contributed by atoms with E-state index in [1.165, 1.54) is 12.1 Å². The van der Waals surface area contributed by atoms with Gasteiger partial charge < -0.3 is 14.6 Å². The highest BCUT2D eigenvalue weighted by Gasteiger charge is 2.14. The van der Waals surface area contributed by atoms with Crippen LogP contribution < -0.4 is 0 Å². The predicted octanol–water partition coefficient (Wildman–Crippen LogP) is 1.98. The van der Waals surface area contributed by atoms with Crippen LogP contribution in [0.3, 0.4) is 0 Å². The number of aliphatic hydroxyl groups excluding tert-OH is 1. The Balaban J connectivity index is 2.60. The molecule has 1 aromatic rings. The molecule has 0 bridgehead atoms. The van der Waals surface area contributed by atoms with Gasteiger partial charge in [0.05, 0.1) is 25.9 Å². The van der Waals surface area contributed by atoms with Crippen LogP contribution in [0, 0.1) is 11.6 Å². The van der Waals surface area contributed by atoms with Crippen molar-refractivity contribution in [2.45, 2.75) is 12.6 Å². The summed E-state index contributed by atoms with van der Waals surface area (Å²) in [6.07, 6.45) is 0.892. The molecule has 0 aliphatic heterocycles. The molecule has 0 aliphatic rings. The molecule has 0 spiro atoms. The first-order valence-corrected chi connectivity index (χ1v) is 7.08. The Labute approximate surface area is 130 Å². The van der Waals surface area contributed by atoms with E-state index in [0.29, 0.717) is 31.9 Å². The van der Waals surface area contributed by atoms with Gasteiger partial charge in [0.25, 0.3) is 0 Å². The van der Waals surface area contributed by atoms with Crippen LogP contribution in [0.15, 0.2) is 30.9 Å². The molecule has 1 rings (SSSR count). The SMILES string of the molecule is C=CCOCC(O)CN(CCOC)Cc1ccc(F)cc1F. The maximum absolute atomic E-state index is 13.7. The van der Waals surface area contributed by atoms with Crippen molar-refractivity contribution in [3.05, 3.63) is 48.1 Å². The molecular weight excluding hydrogens is 292 g/mol. The molecule has 0 heterocycles. The largest absolute Gasteiger partial charge is 0.389 e. The summed E-state index contributed by atoms with van der Waals surface area (Å²) in [5, 5.41) is 9.94. The van der Waals surface area contributed by atoms with Crippen LogP contribution in [0.1, 0.15) is 5.56 Å². The minimum atomic E-state index is -0.708. The van der Waals surface area contributed by atoms with E-state index in [2.05, 4.69) is 6.58 Å². The molecule has 0 radical (unpaired) electrons. The van der Waals surface area contributed by atoms with Crippen molar-refractivity contribution in [3.8, 4) is 0 Å². The number of rotatable bonds is 11. The van der Waals surface area contributed by atoms with E-state index in [0.717, 1.165) is 6.07 Å². The van der Waals surface area contributed by atoms with Crippen LogP contribution in [0.4, 0.5) is 8.78 Å². The second-order valence-corrected chi connectivity index (χ2v) is 4.94. The highest BCUT2D eigenvalue weighted by Crippen LogP contribution is 2.12. The Hall–Kier alpha value is -1.34. The quantitative estimate of drug-likeness (QED) is 0.501. The third kappa shape index (κ3) is 7.09. The number of aliphatic hydroxyl groups is 1. The summed E-state index contributed by atoms with van der Waals surface area (Å²) < 4.78 is 36.9. The Morgan fingerprint density at radius 1 is 1.41 bits per heavy atom. The molecule has 1 aromatic carbocycles. The zero-order valence-corrected chi connectivity index (χ0v) is 12.8. The van der Waals surface area contributed by atoms with E-state index >= 15 is 0 Å². The van der Waals surface area contributed by atoms with Gasteiger partial charge in [-0.15, -0.1) is 6.58 Å². The highest BCUT2D eigenvalue weighted by molar-refractivity contribution is 5.18. The summed E-state index contributed by atoms with van der Waals surface area (Å²) in [5.41, 5.74) is 0.372. The summed E-state index contributed by atoms with van der Waals surface area (Å²) in [5.74, 6) is -1.21. The van der Waals surface area contributed by atoms with E-state index in [1.54, 1.807) is 13.2 Å². The van der Waals surface area contributed by atoms with Crippen molar-refractivity contribution in [1.82, 2.24) is 4.90 Å². The number of hydrogen-bond donors (Lipinski definition) is 1. The van der Waals surface area contributed by atoms with Crippen molar-refractivity contribution >= 4 is 0 Å². The molecule has 1 atom stereocenters. The molecule has 1 unspecified atom stereocenters. The minimum absolute atomic E-state index is 0.168. The molecule has 124 valence electrons. The van der Waals surface area contributed by atoms with Gasteiger partial charge in [0.2, 0.25) is 0 Å². The summed E-state index contributed by atoms with van der Waals surface area (Å²) in [6.45, 7) is 5.58. The van der Waals surface area contributed by atoms with Gasteiger partial charge in [-0.25, -0.2) is 8.78 Å². The van der Waals surface area contributed by atoms with Crippen LogP contribution in [0.2, 0.25) is 0 Å². The smallest absolute Gasteiger partial charge is 0.130 e. The van der Waals surface area contributed by atoms with Gasteiger partial charge >= 0.3 is 0 Å². The standard InChI is InChI=1S/C16H23F2NO3/c1-3-7-22-12-15(20)11-19(6-8-21-2)10-13-4-5-14(17)9-16(13)18/h3-5,9,15,20H,1,6-8,10-12H2,2H3. The Morgan fingerprint density at radius 2 is 2.18 bits per heavy atom. The minimum Gasteiger partial charge on any atom is -0.389 e. The summed E-state index contributed by atoms with van der Waals surface area (Å²) in [4.78, 5) is 1.84. The van der Waals surface area contributed by atoms with E-state index in [1.807, 2.05) is 4.90 Å². The number of ether oxygens (including phenoxy) is 2. The van der Waals surface area contributed by atoms with Gasteiger partial charge in [0.1, 0.15) is 11.6 Å². The predicted molar refractivity (Wildman–Crippen MR) is 80.5 cm³/mol. The monoisotopic (exact) mass is 315 g/mol. The lowest BCUT2D eigenvalue weighted by Gasteiger charge is -2.25. The number of halogens is 2. The van der Waals surface area contributed by atoms with E-state index in [-0.39, 0.29) is 13.2 Å². The summed E-state index contributed by atoms with van der Waals surface area (Å²) in [7, 11) is 1.57. The van der Waals surface area contributed by atoms with Gasteiger partial charge in [0, 0.05) is 38.4 Å². The zero-order valence-electron chi connectivity index (χ0n) is 12.8. The van der Waals surface area contributed by atoms with Crippen molar-refractivity contribution < 1.29 is 23.4 Å². The van der Waals surface area contributed by atoms with Crippen LogP contribution in [0.5, 0.6) is 0 Å². The van der Waals surface area contributed by atoms with Gasteiger partial charge in [-0.2, -0.15) is 0 Å². The molecule has 0 saturated heterocycles. The molecule has 0 aliphatic carbocycles. The lowest BCUT2D eigenvalue weighted by atomic mass is 10.2. The fourth-order valence-electron chi connectivity index (χ4n) is 1.98. The number of methoxy groups -OCH3 is 1.